The number of Topliss-reactive ketones (excluding diaryl/α,β-unsaturated/α-hetero) is 1. The predicted molar refractivity (Wildman–Crippen MR) is 90.7 cm³/mol. The Kier molecular flexibility index (Phi) is 3.45. The van der Waals surface area contributed by atoms with Crippen molar-refractivity contribution in [3.8, 4) is 11.5 Å². The minimum Gasteiger partial charge on any atom is -0.504 e. The number of nitrogens with zero attached hydrogens (tertiary/aromatic N) is 2. The normalized spacial score (nSPS) is 40.2. The lowest BCUT2D eigenvalue weighted by Gasteiger charge is -2.65. The molecule has 130 valence electrons. The first-order valence-electron chi connectivity index (χ1n) is 8.93. The zero-order chi connectivity index (χ0) is 17.1. The molecule has 4 heterocycles. The average Bonchev–Trinajstić information content (AvgIpc) is 2.53. The Hall–Kier alpha value is -1.59. The largest absolute Gasteiger partial charge is 0.504 e. The molecule has 1 aromatic carbocycles. The molecule has 5 nitrogen and oxygen atoms in total. The molecule has 0 spiro atoms. The van der Waals surface area contributed by atoms with Gasteiger partial charge in [-0.25, -0.2) is 0 Å². The zero-order valence-corrected chi connectivity index (χ0v) is 14.5. The summed E-state index contributed by atoms with van der Waals surface area (Å²) in [6.07, 6.45) is 3.26. The number of ketones is 1. The van der Waals surface area contributed by atoms with Crippen LogP contribution in [0.5, 0.6) is 11.5 Å². The number of rotatable bonds is 4. The Balaban J connectivity index is 1.69. The maximum absolute atomic E-state index is 13.1. The SMILES string of the molecule is CCCCC12CN3CC(C)(CN(C1)C3c1ccc(O)c(O)c1)C2=O. The molecule has 4 fully saturated rings. The summed E-state index contributed by atoms with van der Waals surface area (Å²) in [4.78, 5) is 17.9. The summed E-state index contributed by atoms with van der Waals surface area (Å²) in [6.45, 7) is 7.47. The highest BCUT2D eigenvalue weighted by Crippen LogP contribution is 2.54. The first-order chi connectivity index (χ1) is 11.4. The van der Waals surface area contributed by atoms with Gasteiger partial charge in [-0.15, -0.1) is 0 Å². The van der Waals surface area contributed by atoms with Crippen molar-refractivity contribution in [2.45, 2.75) is 39.3 Å². The van der Waals surface area contributed by atoms with Gasteiger partial charge in [0.15, 0.2) is 11.5 Å². The monoisotopic (exact) mass is 330 g/mol. The molecular weight excluding hydrogens is 304 g/mol. The van der Waals surface area contributed by atoms with Crippen molar-refractivity contribution in [1.29, 1.82) is 0 Å². The highest BCUT2D eigenvalue weighted by molar-refractivity contribution is 5.93. The third kappa shape index (κ3) is 2.11. The van der Waals surface area contributed by atoms with Crippen LogP contribution in [0.3, 0.4) is 0 Å². The first kappa shape index (κ1) is 15.9. The van der Waals surface area contributed by atoms with E-state index in [0.29, 0.717) is 5.78 Å². The van der Waals surface area contributed by atoms with Gasteiger partial charge in [-0.05, 0) is 24.1 Å². The minimum atomic E-state index is -0.278. The Morgan fingerprint density at radius 2 is 1.79 bits per heavy atom. The highest BCUT2D eigenvalue weighted by Gasteiger charge is 2.63. The second-order valence-corrected chi connectivity index (χ2v) is 8.21. The van der Waals surface area contributed by atoms with Gasteiger partial charge in [-0.1, -0.05) is 32.8 Å². The first-order valence-corrected chi connectivity index (χ1v) is 8.93. The van der Waals surface area contributed by atoms with Crippen LogP contribution in [-0.4, -0.2) is 52.0 Å². The Labute approximate surface area is 142 Å². The van der Waals surface area contributed by atoms with E-state index in [0.717, 1.165) is 51.0 Å². The molecule has 5 rings (SSSR count). The lowest BCUT2D eigenvalue weighted by molar-refractivity contribution is -0.201. The molecule has 4 saturated heterocycles. The van der Waals surface area contributed by atoms with Gasteiger partial charge in [0.1, 0.15) is 5.78 Å². The van der Waals surface area contributed by atoms with Gasteiger partial charge in [0.25, 0.3) is 0 Å². The predicted octanol–water partition coefficient (Wildman–Crippen LogP) is 2.49. The molecule has 4 bridgehead atoms. The van der Waals surface area contributed by atoms with Crippen molar-refractivity contribution in [1.82, 2.24) is 9.80 Å². The molecule has 0 amide bonds. The summed E-state index contributed by atoms with van der Waals surface area (Å²) < 4.78 is 0. The molecule has 0 aromatic heterocycles. The maximum atomic E-state index is 13.1. The number of phenols is 2. The summed E-state index contributed by atoms with van der Waals surface area (Å²) in [5, 5.41) is 19.5. The van der Waals surface area contributed by atoms with Gasteiger partial charge in [-0.2, -0.15) is 0 Å². The molecule has 4 aliphatic rings. The number of piperidine rings is 2. The van der Waals surface area contributed by atoms with Gasteiger partial charge in [-0.3, -0.25) is 14.6 Å². The maximum Gasteiger partial charge on any atom is 0.157 e. The van der Waals surface area contributed by atoms with Crippen LogP contribution in [0.1, 0.15) is 44.8 Å². The van der Waals surface area contributed by atoms with Crippen molar-refractivity contribution in [2.24, 2.45) is 10.8 Å². The number of benzene rings is 1. The highest BCUT2D eigenvalue weighted by atomic mass is 16.3. The number of aromatic hydroxyl groups is 2. The quantitative estimate of drug-likeness (QED) is 0.831. The van der Waals surface area contributed by atoms with Gasteiger partial charge < -0.3 is 10.2 Å². The van der Waals surface area contributed by atoms with Gasteiger partial charge in [0.2, 0.25) is 0 Å². The van der Waals surface area contributed by atoms with Crippen molar-refractivity contribution >= 4 is 5.78 Å². The number of hydrogen-bond donors (Lipinski definition) is 2. The third-order valence-corrected chi connectivity index (χ3v) is 6.14. The van der Waals surface area contributed by atoms with E-state index in [4.69, 9.17) is 0 Å². The fourth-order valence-corrected chi connectivity index (χ4v) is 5.30. The number of hydrogen-bond acceptors (Lipinski definition) is 5. The number of phenolic OH excluding ortho intramolecular Hbond substituents is 2. The molecule has 2 unspecified atom stereocenters. The fourth-order valence-electron chi connectivity index (χ4n) is 5.30. The summed E-state index contributed by atoms with van der Waals surface area (Å²) in [5.74, 6) is 0.295. The molecular formula is C19H26N2O3. The second kappa shape index (κ2) is 5.20. The van der Waals surface area contributed by atoms with Crippen LogP contribution in [0.2, 0.25) is 0 Å². The Bertz CT molecular complexity index is 671. The molecule has 24 heavy (non-hydrogen) atoms. The summed E-state index contributed by atoms with van der Waals surface area (Å²) in [7, 11) is 0. The van der Waals surface area contributed by atoms with Crippen molar-refractivity contribution in [3.63, 3.8) is 0 Å². The summed E-state index contributed by atoms with van der Waals surface area (Å²) in [6, 6.07) is 5.09. The lowest BCUT2D eigenvalue weighted by Crippen LogP contribution is -2.76. The molecule has 0 saturated carbocycles. The standard InChI is InChI=1S/C19H26N2O3/c1-3-4-7-19-11-20-9-18(2,17(19)24)10-21(12-19)16(20)13-5-6-14(22)15(23)8-13/h5-6,8,16,22-23H,3-4,7,9-12H2,1-2H3. The van der Waals surface area contributed by atoms with E-state index in [9.17, 15) is 15.0 Å². The zero-order valence-electron chi connectivity index (χ0n) is 14.5. The lowest BCUT2D eigenvalue weighted by atomic mass is 9.59. The van der Waals surface area contributed by atoms with Gasteiger partial charge in [0.05, 0.1) is 17.0 Å². The molecule has 0 aliphatic carbocycles. The smallest absolute Gasteiger partial charge is 0.157 e. The summed E-state index contributed by atoms with van der Waals surface area (Å²) in [5.41, 5.74) is 0.488. The van der Waals surface area contributed by atoms with Gasteiger partial charge >= 0.3 is 0 Å². The van der Waals surface area contributed by atoms with Gasteiger partial charge in [0, 0.05) is 26.2 Å². The van der Waals surface area contributed by atoms with E-state index in [1.165, 1.54) is 0 Å². The number of carbonyl (C=O) groups excluding carboxylic acids is 1. The van der Waals surface area contributed by atoms with Crippen LogP contribution in [-0.2, 0) is 4.79 Å². The fraction of sp³-hybridized carbons (Fsp3) is 0.632. The molecule has 4 aliphatic heterocycles. The topological polar surface area (TPSA) is 64.0 Å². The van der Waals surface area contributed by atoms with Crippen LogP contribution in [0.4, 0.5) is 0 Å². The van der Waals surface area contributed by atoms with Crippen LogP contribution in [0.25, 0.3) is 0 Å². The Morgan fingerprint density at radius 1 is 1.12 bits per heavy atom. The molecule has 0 radical (unpaired) electrons. The minimum absolute atomic E-state index is 0.0771. The van der Waals surface area contributed by atoms with Crippen molar-refractivity contribution in [2.75, 3.05) is 26.2 Å². The van der Waals surface area contributed by atoms with Crippen molar-refractivity contribution in [3.05, 3.63) is 23.8 Å². The van der Waals surface area contributed by atoms with Crippen LogP contribution >= 0.6 is 0 Å². The van der Waals surface area contributed by atoms with E-state index in [1.54, 1.807) is 12.1 Å². The van der Waals surface area contributed by atoms with E-state index >= 15 is 0 Å². The molecule has 5 heteroatoms. The number of unbranched alkanes of at least 4 members (excludes halogenated alkanes) is 1. The number of carbonyl (C=O) groups is 1. The van der Waals surface area contributed by atoms with Crippen LogP contribution in [0.15, 0.2) is 18.2 Å². The van der Waals surface area contributed by atoms with Crippen LogP contribution < -0.4 is 0 Å². The summed E-state index contributed by atoms with van der Waals surface area (Å²) >= 11 is 0. The van der Waals surface area contributed by atoms with Crippen molar-refractivity contribution < 1.29 is 15.0 Å². The van der Waals surface area contributed by atoms with E-state index < -0.39 is 0 Å². The van der Waals surface area contributed by atoms with Crippen LogP contribution in [0, 0.1) is 10.8 Å². The molecule has 2 atom stereocenters. The molecule has 2 N–H and O–H groups in total. The molecule has 1 aromatic rings. The van der Waals surface area contributed by atoms with E-state index in [1.807, 2.05) is 6.07 Å². The van der Waals surface area contributed by atoms with E-state index in [-0.39, 0.29) is 28.5 Å². The average molecular weight is 330 g/mol. The van der Waals surface area contributed by atoms with E-state index in [2.05, 4.69) is 23.6 Å². The second-order valence-electron chi connectivity index (χ2n) is 8.21. The Morgan fingerprint density at radius 3 is 2.38 bits per heavy atom. The third-order valence-electron chi connectivity index (χ3n) is 6.14.